The van der Waals surface area contributed by atoms with Gasteiger partial charge in [-0.25, -0.2) is 4.98 Å². The van der Waals surface area contributed by atoms with Crippen LogP contribution in [0.3, 0.4) is 0 Å². The number of amides is 1. The molecule has 0 radical (unpaired) electrons. The van der Waals surface area contributed by atoms with Crippen molar-refractivity contribution in [1.82, 2.24) is 9.88 Å². The standard InChI is InChI=1S/C12H14BrClN2O2/c1-12(18)2-4-16(5-3-12)11(17)9-6-8(13)7-15-10(9)14/h6-7,18H,2-5H2,1H3. The first kappa shape index (κ1) is 13.8. The molecule has 2 heterocycles. The first-order chi connectivity index (χ1) is 8.39. The van der Waals surface area contributed by atoms with Crippen molar-refractivity contribution in [1.29, 1.82) is 0 Å². The van der Waals surface area contributed by atoms with E-state index in [1.165, 1.54) is 0 Å². The van der Waals surface area contributed by atoms with Crippen LogP contribution in [-0.4, -0.2) is 39.6 Å². The van der Waals surface area contributed by atoms with Crippen molar-refractivity contribution in [3.63, 3.8) is 0 Å². The van der Waals surface area contributed by atoms with Crippen LogP contribution in [0, 0.1) is 0 Å². The molecule has 6 heteroatoms. The second kappa shape index (κ2) is 5.15. The summed E-state index contributed by atoms with van der Waals surface area (Å²) in [6, 6.07) is 1.67. The molecule has 98 valence electrons. The van der Waals surface area contributed by atoms with Crippen LogP contribution in [0.1, 0.15) is 30.1 Å². The van der Waals surface area contributed by atoms with Crippen LogP contribution in [-0.2, 0) is 0 Å². The number of pyridine rings is 1. The number of hydrogen-bond acceptors (Lipinski definition) is 3. The van der Waals surface area contributed by atoms with Crippen molar-refractivity contribution in [3.8, 4) is 0 Å². The average molecular weight is 334 g/mol. The predicted molar refractivity (Wildman–Crippen MR) is 72.7 cm³/mol. The van der Waals surface area contributed by atoms with Crippen molar-refractivity contribution in [2.45, 2.75) is 25.4 Å². The number of piperidine rings is 1. The summed E-state index contributed by atoms with van der Waals surface area (Å²) >= 11 is 9.21. The highest BCUT2D eigenvalue weighted by atomic mass is 79.9. The molecular formula is C12H14BrClN2O2. The Hall–Kier alpha value is -0.650. The van der Waals surface area contributed by atoms with E-state index < -0.39 is 5.60 Å². The third-order valence-corrected chi connectivity index (χ3v) is 3.90. The smallest absolute Gasteiger partial charge is 0.257 e. The average Bonchev–Trinajstić information content (AvgIpc) is 2.31. The number of likely N-dealkylation sites (tertiary alicyclic amines) is 1. The van der Waals surface area contributed by atoms with Gasteiger partial charge in [0.2, 0.25) is 0 Å². The van der Waals surface area contributed by atoms with E-state index in [0.29, 0.717) is 31.5 Å². The minimum absolute atomic E-state index is 0.135. The lowest BCUT2D eigenvalue weighted by molar-refractivity contribution is -0.00202. The van der Waals surface area contributed by atoms with E-state index in [4.69, 9.17) is 11.6 Å². The fourth-order valence-corrected chi connectivity index (χ4v) is 2.45. The third kappa shape index (κ3) is 3.02. The number of carbonyl (C=O) groups excluding carboxylic acids is 1. The minimum atomic E-state index is -0.671. The van der Waals surface area contributed by atoms with Gasteiger partial charge in [0.1, 0.15) is 5.15 Å². The van der Waals surface area contributed by atoms with Gasteiger partial charge in [-0.2, -0.15) is 0 Å². The van der Waals surface area contributed by atoms with E-state index in [-0.39, 0.29) is 11.1 Å². The summed E-state index contributed by atoms with van der Waals surface area (Å²) in [6.45, 7) is 2.87. The maximum atomic E-state index is 12.3. The molecule has 1 aliphatic rings. The van der Waals surface area contributed by atoms with Gasteiger partial charge in [-0.15, -0.1) is 0 Å². The maximum Gasteiger partial charge on any atom is 0.257 e. The number of aliphatic hydroxyl groups is 1. The van der Waals surface area contributed by atoms with Gasteiger partial charge in [0, 0.05) is 23.8 Å². The molecule has 1 aliphatic heterocycles. The summed E-state index contributed by atoms with van der Waals surface area (Å²) in [5.41, 5.74) is -0.275. The molecule has 1 N–H and O–H groups in total. The quantitative estimate of drug-likeness (QED) is 0.803. The van der Waals surface area contributed by atoms with Crippen molar-refractivity contribution in [2.75, 3.05) is 13.1 Å². The normalized spacial score (nSPS) is 18.8. The van der Waals surface area contributed by atoms with Gasteiger partial charge >= 0.3 is 0 Å². The monoisotopic (exact) mass is 332 g/mol. The van der Waals surface area contributed by atoms with E-state index in [1.54, 1.807) is 24.1 Å². The highest BCUT2D eigenvalue weighted by Gasteiger charge is 2.30. The first-order valence-corrected chi connectivity index (χ1v) is 6.89. The van der Waals surface area contributed by atoms with Gasteiger partial charge in [-0.3, -0.25) is 4.79 Å². The molecule has 0 bridgehead atoms. The molecule has 0 saturated carbocycles. The Morgan fingerprint density at radius 1 is 1.56 bits per heavy atom. The Labute approximate surface area is 119 Å². The summed E-state index contributed by atoms with van der Waals surface area (Å²) in [4.78, 5) is 17.9. The second-order valence-corrected chi connectivity index (χ2v) is 6.05. The van der Waals surface area contributed by atoms with E-state index in [1.807, 2.05) is 0 Å². The molecule has 1 fully saturated rings. The van der Waals surface area contributed by atoms with Crippen LogP contribution in [0.15, 0.2) is 16.7 Å². The van der Waals surface area contributed by atoms with Crippen molar-refractivity contribution in [3.05, 3.63) is 27.5 Å². The zero-order chi connectivity index (χ0) is 13.3. The molecule has 0 aromatic carbocycles. The molecular weight excluding hydrogens is 320 g/mol. The van der Waals surface area contributed by atoms with Gasteiger partial charge in [-0.05, 0) is 41.8 Å². The van der Waals surface area contributed by atoms with Crippen LogP contribution in [0.2, 0.25) is 5.15 Å². The van der Waals surface area contributed by atoms with E-state index in [0.717, 1.165) is 4.47 Å². The van der Waals surface area contributed by atoms with Crippen LogP contribution in [0.5, 0.6) is 0 Å². The summed E-state index contributed by atoms with van der Waals surface area (Å²) in [6.07, 6.45) is 2.72. The lowest BCUT2D eigenvalue weighted by Gasteiger charge is -2.35. The van der Waals surface area contributed by atoms with Crippen LogP contribution >= 0.6 is 27.5 Å². The maximum absolute atomic E-state index is 12.3. The molecule has 0 spiro atoms. The number of hydrogen-bond donors (Lipinski definition) is 1. The van der Waals surface area contributed by atoms with E-state index in [2.05, 4.69) is 20.9 Å². The van der Waals surface area contributed by atoms with E-state index >= 15 is 0 Å². The van der Waals surface area contributed by atoms with Gasteiger partial charge in [0.05, 0.1) is 11.2 Å². The largest absolute Gasteiger partial charge is 0.390 e. The zero-order valence-corrected chi connectivity index (χ0v) is 12.3. The molecule has 1 aromatic rings. The highest BCUT2D eigenvalue weighted by Crippen LogP contribution is 2.25. The van der Waals surface area contributed by atoms with Gasteiger partial charge in [-0.1, -0.05) is 11.6 Å². The number of aromatic nitrogens is 1. The highest BCUT2D eigenvalue weighted by molar-refractivity contribution is 9.10. The summed E-state index contributed by atoms with van der Waals surface area (Å²) in [5, 5.41) is 10.1. The van der Waals surface area contributed by atoms with Crippen molar-refractivity contribution >= 4 is 33.4 Å². The van der Waals surface area contributed by atoms with Crippen LogP contribution in [0.25, 0.3) is 0 Å². The van der Waals surface area contributed by atoms with E-state index in [9.17, 15) is 9.90 Å². The SMILES string of the molecule is CC1(O)CCN(C(=O)c2cc(Br)cnc2Cl)CC1. The lowest BCUT2D eigenvalue weighted by atomic mass is 9.93. The Morgan fingerprint density at radius 3 is 2.78 bits per heavy atom. The number of halogens is 2. The number of nitrogens with zero attached hydrogens (tertiary/aromatic N) is 2. The summed E-state index contributed by atoms with van der Waals surface area (Å²) in [5.74, 6) is -0.135. The van der Waals surface area contributed by atoms with Gasteiger partial charge in [0.25, 0.3) is 5.91 Å². The molecule has 0 atom stereocenters. The Morgan fingerprint density at radius 2 is 2.17 bits per heavy atom. The lowest BCUT2D eigenvalue weighted by Crippen LogP contribution is -2.45. The third-order valence-electron chi connectivity index (χ3n) is 3.16. The molecule has 0 unspecified atom stereocenters. The van der Waals surface area contributed by atoms with Gasteiger partial charge in [0.15, 0.2) is 0 Å². The Bertz CT molecular complexity index is 469. The summed E-state index contributed by atoms with van der Waals surface area (Å²) in [7, 11) is 0. The number of carbonyl (C=O) groups is 1. The summed E-state index contributed by atoms with van der Waals surface area (Å²) < 4.78 is 0.722. The molecule has 1 saturated heterocycles. The predicted octanol–water partition coefficient (Wildman–Crippen LogP) is 2.48. The topological polar surface area (TPSA) is 53.4 Å². The molecule has 1 aromatic heterocycles. The minimum Gasteiger partial charge on any atom is -0.390 e. The molecule has 2 rings (SSSR count). The molecule has 1 amide bonds. The van der Waals surface area contributed by atoms with Crippen molar-refractivity contribution < 1.29 is 9.90 Å². The van der Waals surface area contributed by atoms with Crippen LogP contribution < -0.4 is 0 Å². The van der Waals surface area contributed by atoms with Crippen LogP contribution in [0.4, 0.5) is 0 Å². The first-order valence-electron chi connectivity index (χ1n) is 5.72. The Kier molecular flexibility index (Phi) is 3.94. The fraction of sp³-hybridized carbons (Fsp3) is 0.500. The van der Waals surface area contributed by atoms with Crippen molar-refractivity contribution in [2.24, 2.45) is 0 Å². The van der Waals surface area contributed by atoms with Gasteiger partial charge < -0.3 is 10.0 Å². The molecule has 18 heavy (non-hydrogen) atoms. The second-order valence-electron chi connectivity index (χ2n) is 4.78. The zero-order valence-electron chi connectivity index (χ0n) is 9.99. The molecule has 0 aliphatic carbocycles. The molecule has 4 nitrogen and oxygen atoms in total. The number of rotatable bonds is 1. The fourth-order valence-electron chi connectivity index (χ4n) is 1.93. The Balaban J connectivity index is 2.15.